The Morgan fingerprint density at radius 2 is 2.03 bits per heavy atom. The highest BCUT2D eigenvalue weighted by Gasteiger charge is 2.44. The first-order valence-corrected chi connectivity index (χ1v) is 10.9. The highest BCUT2D eigenvalue weighted by atomic mass is 32.2. The second-order valence-electron chi connectivity index (χ2n) is 8.07. The summed E-state index contributed by atoms with van der Waals surface area (Å²) >= 11 is 0.925. The molecule has 2 fully saturated rings. The van der Waals surface area contributed by atoms with Crippen LogP contribution in [0.2, 0.25) is 0 Å². The van der Waals surface area contributed by atoms with Crippen LogP contribution in [0.15, 0.2) is 34.4 Å². The summed E-state index contributed by atoms with van der Waals surface area (Å²) in [7, 11) is 0. The van der Waals surface area contributed by atoms with E-state index in [1.165, 1.54) is 12.1 Å². The van der Waals surface area contributed by atoms with Gasteiger partial charge in [0.15, 0.2) is 5.69 Å². The lowest BCUT2D eigenvalue weighted by molar-refractivity contribution is -0.143. The zero-order valence-corrected chi connectivity index (χ0v) is 17.4. The SMILES string of the molecule is N[C@@H]1COCC12CCN(c1cnc3c(n1)CN=C3Sc1cccnc1C(F)(F)F)CC2. The molecule has 5 heterocycles. The highest BCUT2D eigenvalue weighted by molar-refractivity contribution is 8.14. The van der Waals surface area contributed by atoms with Gasteiger partial charge < -0.3 is 15.4 Å². The molecule has 0 aliphatic carbocycles. The molecule has 2 aromatic heterocycles. The van der Waals surface area contributed by atoms with Gasteiger partial charge in [0.25, 0.3) is 0 Å². The topological polar surface area (TPSA) is 89.5 Å². The molecule has 7 nitrogen and oxygen atoms in total. The Bertz CT molecular complexity index is 1020. The maximum Gasteiger partial charge on any atom is 0.434 e. The van der Waals surface area contributed by atoms with Crippen LogP contribution in [0.5, 0.6) is 0 Å². The predicted molar refractivity (Wildman–Crippen MR) is 110 cm³/mol. The Morgan fingerprint density at radius 3 is 2.74 bits per heavy atom. The van der Waals surface area contributed by atoms with Gasteiger partial charge in [0, 0.05) is 35.6 Å². The van der Waals surface area contributed by atoms with Crippen molar-refractivity contribution in [3.05, 3.63) is 41.6 Å². The first-order chi connectivity index (χ1) is 14.9. The van der Waals surface area contributed by atoms with E-state index in [0.29, 0.717) is 36.2 Å². The van der Waals surface area contributed by atoms with Gasteiger partial charge in [-0.05, 0) is 25.0 Å². The standard InChI is InChI=1S/C20H21F3N6OS/c21-20(22,23)17-13(2-1-5-25-17)31-18-16-12(8-27-18)28-15(9-26-16)29-6-3-19(4-7-29)11-30-10-14(19)24/h1-2,5,9,14H,3-4,6-8,10-11,24H2/t14-/m1/s1. The number of anilines is 1. The van der Waals surface area contributed by atoms with Crippen molar-refractivity contribution in [3.8, 4) is 0 Å². The third kappa shape index (κ3) is 3.79. The van der Waals surface area contributed by atoms with Crippen molar-refractivity contribution >= 4 is 22.6 Å². The van der Waals surface area contributed by atoms with Gasteiger partial charge in [-0.15, -0.1) is 0 Å². The van der Waals surface area contributed by atoms with E-state index in [1.807, 2.05) is 0 Å². The van der Waals surface area contributed by atoms with Crippen LogP contribution in [-0.2, 0) is 17.5 Å². The van der Waals surface area contributed by atoms with Crippen LogP contribution in [-0.4, -0.2) is 52.3 Å². The molecule has 0 saturated carbocycles. The van der Waals surface area contributed by atoms with Crippen LogP contribution in [0.4, 0.5) is 19.0 Å². The molecule has 2 saturated heterocycles. The third-order valence-electron chi connectivity index (χ3n) is 6.21. The summed E-state index contributed by atoms with van der Waals surface area (Å²) in [6, 6.07) is 2.94. The van der Waals surface area contributed by atoms with Crippen LogP contribution in [0.3, 0.4) is 0 Å². The fourth-order valence-electron chi connectivity index (χ4n) is 4.32. The number of halogens is 3. The van der Waals surface area contributed by atoms with Crippen LogP contribution >= 0.6 is 11.8 Å². The normalized spacial score (nSPS) is 22.6. The van der Waals surface area contributed by atoms with E-state index < -0.39 is 11.9 Å². The second kappa shape index (κ2) is 7.72. The van der Waals surface area contributed by atoms with Crippen LogP contribution in [0, 0.1) is 5.41 Å². The summed E-state index contributed by atoms with van der Waals surface area (Å²) in [6.07, 6.45) is 0.158. The van der Waals surface area contributed by atoms with E-state index in [1.54, 1.807) is 6.20 Å². The summed E-state index contributed by atoms with van der Waals surface area (Å²) in [6.45, 7) is 3.26. The molecule has 3 aliphatic rings. The summed E-state index contributed by atoms with van der Waals surface area (Å²) in [4.78, 5) is 19.3. The quantitative estimate of drug-likeness (QED) is 0.753. The molecule has 2 N–H and O–H groups in total. The zero-order chi connectivity index (χ0) is 21.6. The van der Waals surface area contributed by atoms with Gasteiger partial charge in [-0.25, -0.2) is 9.97 Å². The number of fused-ring (bicyclic) bond motifs is 1. The Hall–Kier alpha value is -2.24. The molecule has 0 bridgehead atoms. The third-order valence-corrected chi connectivity index (χ3v) is 7.27. The number of aliphatic imine (C=N–C) groups is 1. The number of piperidine rings is 1. The first-order valence-electron chi connectivity index (χ1n) is 10.0. The van der Waals surface area contributed by atoms with Crippen molar-refractivity contribution in [1.29, 1.82) is 0 Å². The number of thioether (sulfide) groups is 1. The summed E-state index contributed by atoms with van der Waals surface area (Å²) < 4.78 is 45.3. The molecule has 5 rings (SSSR count). The number of aromatic nitrogens is 3. The number of pyridine rings is 1. The molecule has 31 heavy (non-hydrogen) atoms. The second-order valence-corrected chi connectivity index (χ2v) is 9.10. The minimum Gasteiger partial charge on any atom is -0.379 e. The van der Waals surface area contributed by atoms with Crippen molar-refractivity contribution < 1.29 is 17.9 Å². The summed E-state index contributed by atoms with van der Waals surface area (Å²) in [5.41, 5.74) is 6.60. The molecule has 3 aliphatic heterocycles. The highest BCUT2D eigenvalue weighted by Crippen LogP contribution is 2.40. The Kier molecular flexibility index (Phi) is 5.14. The smallest absolute Gasteiger partial charge is 0.379 e. The van der Waals surface area contributed by atoms with Crippen LogP contribution in [0.1, 0.15) is 29.9 Å². The molecule has 164 valence electrons. The molecule has 0 unspecified atom stereocenters. The van der Waals surface area contributed by atoms with Crippen molar-refractivity contribution in [3.63, 3.8) is 0 Å². The predicted octanol–water partition coefficient (Wildman–Crippen LogP) is 2.89. The average molecular weight is 450 g/mol. The maximum atomic E-state index is 13.2. The molecule has 1 spiro atoms. The summed E-state index contributed by atoms with van der Waals surface area (Å²) in [5.74, 6) is 0.764. The monoisotopic (exact) mass is 450 g/mol. The van der Waals surface area contributed by atoms with Gasteiger partial charge in [-0.1, -0.05) is 11.8 Å². The van der Waals surface area contributed by atoms with E-state index in [4.69, 9.17) is 15.5 Å². The number of alkyl halides is 3. The number of hydrogen-bond donors (Lipinski definition) is 1. The van der Waals surface area contributed by atoms with Crippen LogP contribution < -0.4 is 10.6 Å². The molecule has 0 amide bonds. The van der Waals surface area contributed by atoms with Crippen LogP contribution in [0.25, 0.3) is 0 Å². The molecule has 11 heteroatoms. The molecule has 1 atom stereocenters. The van der Waals surface area contributed by atoms with E-state index in [2.05, 4.69) is 19.9 Å². The zero-order valence-electron chi connectivity index (χ0n) is 16.6. The summed E-state index contributed by atoms with van der Waals surface area (Å²) in [5, 5.41) is 0.430. The molecule has 2 aromatic rings. The van der Waals surface area contributed by atoms with E-state index in [0.717, 1.165) is 49.7 Å². The van der Waals surface area contributed by atoms with Crippen molar-refractivity contribution in [2.24, 2.45) is 16.1 Å². The molecule has 0 aromatic carbocycles. The first kappa shape index (κ1) is 20.7. The Morgan fingerprint density at radius 1 is 1.23 bits per heavy atom. The number of hydrogen-bond acceptors (Lipinski definition) is 8. The van der Waals surface area contributed by atoms with Gasteiger partial charge >= 0.3 is 6.18 Å². The maximum absolute atomic E-state index is 13.2. The number of nitrogens with zero attached hydrogens (tertiary/aromatic N) is 5. The van der Waals surface area contributed by atoms with Gasteiger partial charge in [0.2, 0.25) is 0 Å². The van der Waals surface area contributed by atoms with Crippen molar-refractivity contribution in [2.45, 2.75) is 36.5 Å². The van der Waals surface area contributed by atoms with Gasteiger partial charge in [-0.2, -0.15) is 13.2 Å². The van der Waals surface area contributed by atoms with Crippen molar-refractivity contribution in [1.82, 2.24) is 15.0 Å². The number of nitrogens with two attached hydrogens (primary N) is 1. The van der Waals surface area contributed by atoms with Gasteiger partial charge in [0.1, 0.15) is 16.6 Å². The van der Waals surface area contributed by atoms with Gasteiger partial charge in [0.05, 0.1) is 31.6 Å². The lowest BCUT2D eigenvalue weighted by atomic mass is 9.75. The van der Waals surface area contributed by atoms with E-state index in [-0.39, 0.29) is 16.4 Å². The van der Waals surface area contributed by atoms with Gasteiger partial charge in [-0.3, -0.25) is 9.98 Å². The molecular formula is C20H21F3N6OS. The van der Waals surface area contributed by atoms with E-state index >= 15 is 0 Å². The van der Waals surface area contributed by atoms with Crippen molar-refractivity contribution in [2.75, 3.05) is 31.2 Å². The lowest BCUT2D eigenvalue weighted by Crippen LogP contribution is -2.49. The van der Waals surface area contributed by atoms with E-state index in [9.17, 15) is 13.2 Å². The lowest BCUT2D eigenvalue weighted by Gasteiger charge is -2.41. The molecular weight excluding hydrogens is 429 g/mol. The Balaban J connectivity index is 1.31. The molecule has 0 radical (unpaired) electrons. The Labute approximate surface area is 181 Å². The fraction of sp³-hybridized carbons (Fsp3) is 0.500. The minimum atomic E-state index is -4.53. The fourth-order valence-corrected chi connectivity index (χ4v) is 5.34. The number of ether oxygens (including phenoxy) is 1. The minimum absolute atomic E-state index is 0.00364. The number of rotatable bonds is 2. The average Bonchev–Trinajstić information content (AvgIpc) is 3.31. The largest absolute Gasteiger partial charge is 0.434 e.